The molecular weight excluding hydrogens is 192 g/mol. The van der Waals surface area contributed by atoms with Crippen molar-refractivity contribution < 1.29 is 0 Å². The number of rotatable bonds is 7. The van der Waals surface area contributed by atoms with Crippen LogP contribution in [0.1, 0.15) is 74.1 Å². The van der Waals surface area contributed by atoms with E-state index in [1.807, 2.05) is 0 Å². The van der Waals surface area contributed by atoms with Gasteiger partial charge in [-0.05, 0) is 43.9 Å². The molecule has 0 spiro atoms. The maximum Gasteiger partial charge on any atom is -0.0289 e. The minimum absolute atomic E-state index is 0.480. The molecule has 0 aromatic rings. The average Bonchev–Trinajstić information content (AvgIpc) is 2.27. The Bertz CT molecular complexity index is 210. The second kappa shape index (κ2) is 7.14. The van der Waals surface area contributed by atoms with Crippen LogP contribution < -0.4 is 0 Å². The fourth-order valence-electron chi connectivity index (χ4n) is 2.13. The first-order valence-corrected chi connectivity index (χ1v) is 6.99. The van der Waals surface area contributed by atoms with Crippen LogP contribution in [-0.2, 0) is 0 Å². The Kier molecular flexibility index (Phi) is 7.03. The molecular formula is C16H32. The molecule has 0 saturated carbocycles. The lowest BCUT2D eigenvalue weighted by atomic mass is 9.70. The molecule has 0 radical (unpaired) electrons. The van der Waals surface area contributed by atoms with Gasteiger partial charge in [-0.2, -0.15) is 0 Å². The summed E-state index contributed by atoms with van der Waals surface area (Å²) in [6, 6.07) is 0. The lowest BCUT2D eigenvalue weighted by Gasteiger charge is -2.35. The highest BCUT2D eigenvalue weighted by molar-refractivity contribution is 4.99. The molecule has 96 valence electrons. The summed E-state index contributed by atoms with van der Waals surface area (Å²) in [7, 11) is 0. The molecule has 0 N–H and O–H groups in total. The molecule has 0 aliphatic carbocycles. The van der Waals surface area contributed by atoms with E-state index in [1.165, 1.54) is 25.7 Å². The third kappa shape index (κ3) is 5.18. The van der Waals surface area contributed by atoms with Crippen molar-refractivity contribution in [3.05, 3.63) is 11.6 Å². The third-order valence-electron chi connectivity index (χ3n) is 4.46. The Labute approximate surface area is 104 Å². The van der Waals surface area contributed by atoms with Crippen LogP contribution in [0.4, 0.5) is 0 Å². The van der Waals surface area contributed by atoms with Crippen molar-refractivity contribution in [2.45, 2.75) is 74.1 Å². The van der Waals surface area contributed by atoms with Crippen LogP contribution in [0.5, 0.6) is 0 Å². The zero-order chi connectivity index (χ0) is 12.8. The highest BCUT2D eigenvalue weighted by atomic mass is 14.3. The van der Waals surface area contributed by atoms with Gasteiger partial charge in [-0.15, -0.1) is 0 Å². The Balaban J connectivity index is 4.63. The Morgan fingerprint density at radius 1 is 1.25 bits per heavy atom. The molecule has 0 aromatic carbocycles. The minimum atomic E-state index is 0.480. The first-order chi connectivity index (χ1) is 7.37. The van der Waals surface area contributed by atoms with E-state index >= 15 is 0 Å². The molecule has 0 rings (SSSR count). The van der Waals surface area contributed by atoms with E-state index in [2.05, 4.69) is 54.5 Å². The monoisotopic (exact) mass is 224 g/mol. The normalized spacial score (nSPS) is 17.3. The van der Waals surface area contributed by atoms with Crippen molar-refractivity contribution in [2.24, 2.45) is 17.3 Å². The molecule has 2 atom stereocenters. The van der Waals surface area contributed by atoms with Crippen LogP contribution in [-0.4, -0.2) is 0 Å². The van der Waals surface area contributed by atoms with Gasteiger partial charge in [0.15, 0.2) is 0 Å². The van der Waals surface area contributed by atoms with E-state index in [4.69, 9.17) is 0 Å². The smallest absolute Gasteiger partial charge is 0.0289 e. The fraction of sp³-hybridized carbons (Fsp3) is 0.875. The molecule has 0 aliphatic rings. The van der Waals surface area contributed by atoms with Crippen LogP contribution >= 0.6 is 0 Å². The first kappa shape index (κ1) is 15.7. The summed E-state index contributed by atoms with van der Waals surface area (Å²) in [5.41, 5.74) is 2.03. The third-order valence-corrected chi connectivity index (χ3v) is 4.46. The molecule has 0 saturated heterocycles. The summed E-state index contributed by atoms with van der Waals surface area (Å²) < 4.78 is 0. The summed E-state index contributed by atoms with van der Waals surface area (Å²) in [6.45, 7) is 16.3. The summed E-state index contributed by atoms with van der Waals surface area (Å²) >= 11 is 0. The van der Waals surface area contributed by atoms with E-state index < -0.39 is 0 Å². The SMILES string of the molecule is CC=C(C)CC(CC(C)CC)C(C)(C)CC. The van der Waals surface area contributed by atoms with Crippen molar-refractivity contribution in [3.8, 4) is 0 Å². The van der Waals surface area contributed by atoms with Crippen molar-refractivity contribution >= 4 is 0 Å². The molecule has 0 aromatic heterocycles. The van der Waals surface area contributed by atoms with Gasteiger partial charge in [0.1, 0.15) is 0 Å². The second-order valence-electron chi connectivity index (χ2n) is 6.13. The van der Waals surface area contributed by atoms with Gasteiger partial charge in [0.2, 0.25) is 0 Å². The second-order valence-corrected chi connectivity index (χ2v) is 6.13. The quantitative estimate of drug-likeness (QED) is 0.477. The topological polar surface area (TPSA) is 0 Å². The van der Waals surface area contributed by atoms with Crippen LogP contribution in [0, 0.1) is 17.3 Å². The van der Waals surface area contributed by atoms with Gasteiger partial charge in [-0.1, -0.05) is 59.1 Å². The van der Waals surface area contributed by atoms with Crippen molar-refractivity contribution in [2.75, 3.05) is 0 Å². The van der Waals surface area contributed by atoms with Gasteiger partial charge in [0.25, 0.3) is 0 Å². The molecule has 16 heavy (non-hydrogen) atoms. The van der Waals surface area contributed by atoms with Crippen molar-refractivity contribution in [1.29, 1.82) is 0 Å². The van der Waals surface area contributed by atoms with E-state index in [9.17, 15) is 0 Å². The lowest BCUT2D eigenvalue weighted by Crippen LogP contribution is -2.25. The summed E-state index contributed by atoms with van der Waals surface area (Å²) in [5, 5.41) is 0. The van der Waals surface area contributed by atoms with Gasteiger partial charge >= 0.3 is 0 Å². The highest BCUT2D eigenvalue weighted by Crippen LogP contribution is 2.39. The average molecular weight is 224 g/mol. The number of hydrogen-bond donors (Lipinski definition) is 0. The van der Waals surface area contributed by atoms with Crippen LogP contribution in [0.25, 0.3) is 0 Å². The van der Waals surface area contributed by atoms with E-state index in [-0.39, 0.29) is 0 Å². The molecule has 2 unspecified atom stereocenters. The first-order valence-electron chi connectivity index (χ1n) is 6.99. The van der Waals surface area contributed by atoms with Gasteiger partial charge in [0.05, 0.1) is 0 Å². The Morgan fingerprint density at radius 2 is 1.81 bits per heavy atom. The maximum atomic E-state index is 2.43. The largest absolute Gasteiger partial charge is 0.0887 e. The predicted molar refractivity (Wildman–Crippen MR) is 75.7 cm³/mol. The maximum absolute atomic E-state index is 2.43. The summed E-state index contributed by atoms with van der Waals surface area (Å²) in [4.78, 5) is 0. The number of allylic oxidation sites excluding steroid dienone is 2. The lowest BCUT2D eigenvalue weighted by molar-refractivity contribution is 0.167. The molecule has 0 heterocycles. The number of hydrogen-bond acceptors (Lipinski definition) is 0. The highest BCUT2D eigenvalue weighted by Gasteiger charge is 2.28. The standard InChI is InChI=1S/C16H32/c1-8-13(4)11-15(12-14(5)9-2)16(6,7)10-3/h8,14-15H,9-12H2,1-7H3. The van der Waals surface area contributed by atoms with E-state index in [1.54, 1.807) is 5.57 Å². The van der Waals surface area contributed by atoms with Gasteiger partial charge < -0.3 is 0 Å². The Hall–Kier alpha value is -0.260. The van der Waals surface area contributed by atoms with Crippen LogP contribution in [0.2, 0.25) is 0 Å². The Morgan fingerprint density at radius 3 is 2.19 bits per heavy atom. The van der Waals surface area contributed by atoms with Gasteiger partial charge in [0, 0.05) is 0 Å². The molecule has 0 fully saturated rings. The predicted octanol–water partition coefficient (Wildman–Crippen LogP) is 5.83. The van der Waals surface area contributed by atoms with Crippen molar-refractivity contribution in [1.82, 2.24) is 0 Å². The molecule has 0 heteroatoms. The zero-order valence-electron chi connectivity index (χ0n) is 12.6. The molecule has 0 amide bonds. The van der Waals surface area contributed by atoms with E-state index in [0.717, 1.165) is 11.8 Å². The van der Waals surface area contributed by atoms with Gasteiger partial charge in [-0.25, -0.2) is 0 Å². The molecule has 0 aliphatic heterocycles. The van der Waals surface area contributed by atoms with Gasteiger partial charge in [-0.3, -0.25) is 0 Å². The zero-order valence-corrected chi connectivity index (χ0v) is 12.6. The van der Waals surface area contributed by atoms with Crippen LogP contribution in [0.3, 0.4) is 0 Å². The fourth-order valence-corrected chi connectivity index (χ4v) is 2.13. The minimum Gasteiger partial charge on any atom is -0.0887 e. The summed E-state index contributed by atoms with van der Waals surface area (Å²) in [6.07, 6.45) is 7.52. The van der Waals surface area contributed by atoms with E-state index in [0.29, 0.717) is 5.41 Å². The van der Waals surface area contributed by atoms with Crippen LogP contribution in [0.15, 0.2) is 11.6 Å². The summed E-state index contributed by atoms with van der Waals surface area (Å²) in [5.74, 6) is 1.70. The molecule has 0 nitrogen and oxygen atoms in total. The molecule has 0 bridgehead atoms. The van der Waals surface area contributed by atoms with Crippen molar-refractivity contribution in [3.63, 3.8) is 0 Å².